The van der Waals surface area contributed by atoms with Crippen molar-refractivity contribution in [3.05, 3.63) is 82.5 Å². The lowest BCUT2D eigenvalue weighted by Gasteiger charge is -2.10. The molecular weight excluding hydrogens is 422 g/mol. The second kappa shape index (κ2) is 7.69. The van der Waals surface area contributed by atoms with Crippen molar-refractivity contribution < 1.29 is 18.4 Å². The topological polar surface area (TPSA) is 114 Å². The first kappa shape index (κ1) is 19.5. The summed E-state index contributed by atoms with van der Waals surface area (Å²) in [5.74, 6) is -1.74. The summed E-state index contributed by atoms with van der Waals surface area (Å²) in [6.07, 6.45) is 1.75. The van der Waals surface area contributed by atoms with Crippen molar-refractivity contribution in [1.82, 2.24) is 19.7 Å². The van der Waals surface area contributed by atoms with Gasteiger partial charge in [0.05, 0.1) is 23.9 Å². The highest BCUT2D eigenvalue weighted by molar-refractivity contribution is 6.06. The van der Waals surface area contributed by atoms with Crippen LogP contribution >= 0.6 is 0 Å². The molecule has 0 spiro atoms. The molecule has 2 N–H and O–H groups in total. The Kier molecular flexibility index (Phi) is 4.70. The number of halogens is 2. The molecule has 160 valence electrons. The summed E-state index contributed by atoms with van der Waals surface area (Å²) in [6.45, 7) is 0. The van der Waals surface area contributed by atoms with Crippen molar-refractivity contribution in [2.45, 2.75) is 12.5 Å². The summed E-state index contributed by atoms with van der Waals surface area (Å²) < 4.78 is 28.9. The van der Waals surface area contributed by atoms with E-state index >= 15 is 0 Å². The molecule has 0 bridgehead atoms. The monoisotopic (exact) mass is 436 g/mol. The van der Waals surface area contributed by atoms with E-state index in [1.54, 1.807) is 24.3 Å². The average molecular weight is 436 g/mol. The van der Waals surface area contributed by atoms with E-state index in [1.807, 2.05) is 0 Å². The third-order valence-electron chi connectivity index (χ3n) is 4.95. The minimum absolute atomic E-state index is 0.00375. The Morgan fingerprint density at radius 2 is 2.00 bits per heavy atom. The fraction of sp³-hybridized carbons (Fsp3) is 0.0952. The summed E-state index contributed by atoms with van der Waals surface area (Å²) in [5.41, 5.74) is 1.35. The molecule has 1 unspecified atom stereocenters. The number of nitrogens with one attached hydrogen (secondary N) is 2. The Morgan fingerprint density at radius 1 is 1.19 bits per heavy atom. The fourth-order valence-electron chi connectivity index (χ4n) is 3.35. The van der Waals surface area contributed by atoms with E-state index in [9.17, 15) is 18.4 Å². The quantitative estimate of drug-likeness (QED) is 0.510. The highest BCUT2D eigenvalue weighted by atomic mass is 19.1. The van der Waals surface area contributed by atoms with Crippen LogP contribution < -0.4 is 10.9 Å². The fourth-order valence-corrected chi connectivity index (χ4v) is 3.35. The summed E-state index contributed by atoms with van der Waals surface area (Å²) in [6, 6.07) is 9.71. The number of carbonyl (C=O) groups is 1. The molecule has 0 fully saturated rings. The molecule has 0 radical (unpaired) electrons. The first-order valence-corrected chi connectivity index (χ1v) is 9.50. The zero-order valence-corrected chi connectivity index (χ0v) is 16.3. The van der Waals surface area contributed by atoms with E-state index in [2.05, 4.69) is 25.5 Å². The minimum Gasteiger partial charge on any atom is -0.382 e. The maximum atomic E-state index is 13.9. The number of hydrogen-bond donors (Lipinski definition) is 2. The van der Waals surface area contributed by atoms with Gasteiger partial charge in [0, 0.05) is 17.7 Å². The molecule has 32 heavy (non-hydrogen) atoms. The van der Waals surface area contributed by atoms with Gasteiger partial charge in [0.15, 0.2) is 5.65 Å². The van der Waals surface area contributed by atoms with E-state index < -0.39 is 23.6 Å². The number of aromatic amines is 1. The van der Waals surface area contributed by atoms with Gasteiger partial charge in [-0.25, -0.2) is 18.4 Å². The second-order valence-corrected chi connectivity index (χ2v) is 7.02. The Morgan fingerprint density at radius 3 is 2.81 bits per heavy atom. The number of carbonyl (C=O) groups excluding carboxylic acids is 1. The molecular formula is C21H14F2N6O3. The Labute approximate surface area is 178 Å². The summed E-state index contributed by atoms with van der Waals surface area (Å²) >= 11 is 0. The van der Waals surface area contributed by atoms with Gasteiger partial charge in [0.2, 0.25) is 6.10 Å². The van der Waals surface area contributed by atoms with Crippen LogP contribution in [0.5, 0.6) is 0 Å². The van der Waals surface area contributed by atoms with E-state index in [-0.39, 0.29) is 23.3 Å². The number of anilines is 1. The molecule has 9 nitrogen and oxygen atoms in total. The van der Waals surface area contributed by atoms with Crippen molar-refractivity contribution in [3.8, 4) is 5.69 Å². The third-order valence-corrected chi connectivity index (χ3v) is 4.95. The van der Waals surface area contributed by atoms with Crippen LogP contribution in [0.3, 0.4) is 0 Å². The zero-order valence-electron chi connectivity index (χ0n) is 16.3. The van der Waals surface area contributed by atoms with Crippen LogP contribution in [-0.2, 0) is 9.63 Å². The first-order valence-electron chi connectivity index (χ1n) is 9.50. The van der Waals surface area contributed by atoms with Crippen molar-refractivity contribution in [2.75, 3.05) is 5.32 Å². The number of hydrogen-bond acceptors (Lipinski definition) is 6. The SMILES string of the molecule is O=C(Nc1ccc(-n2ncc3c(=O)[nH]cnc32)cc1)C1CC(c2cc(F)ccc2F)=NO1. The maximum Gasteiger partial charge on any atom is 0.268 e. The Bertz CT molecular complexity index is 1430. The number of nitrogens with zero attached hydrogens (tertiary/aromatic N) is 4. The van der Waals surface area contributed by atoms with Crippen molar-refractivity contribution in [2.24, 2.45) is 5.16 Å². The van der Waals surface area contributed by atoms with Gasteiger partial charge in [-0.3, -0.25) is 9.59 Å². The number of benzene rings is 2. The lowest BCUT2D eigenvalue weighted by atomic mass is 10.0. The van der Waals surface area contributed by atoms with Crippen LogP contribution in [0.2, 0.25) is 0 Å². The molecule has 0 aliphatic carbocycles. The molecule has 0 saturated carbocycles. The molecule has 0 saturated heterocycles. The lowest BCUT2D eigenvalue weighted by Crippen LogP contribution is -2.28. The summed E-state index contributed by atoms with van der Waals surface area (Å²) in [7, 11) is 0. The molecule has 2 aromatic carbocycles. The van der Waals surface area contributed by atoms with Crippen LogP contribution in [0.4, 0.5) is 14.5 Å². The molecule has 1 amide bonds. The van der Waals surface area contributed by atoms with Gasteiger partial charge in [0.25, 0.3) is 11.5 Å². The summed E-state index contributed by atoms with van der Waals surface area (Å²) in [4.78, 5) is 36.1. The van der Waals surface area contributed by atoms with Gasteiger partial charge in [-0.2, -0.15) is 5.10 Å². The Balaban J connectivity index is 1.28. The summed E-state index contributed by atoms with van der Waals surface area (Å²) in [5, 5.41) is 11.0. The smallest absolute Gasteiger partial charge is 0.268 e. The molecule has 11 heteroatoms. The molecule has 3 heterocycles. The van der Waals surface area contributed by atoms with Crippen molar-refractivity contribution >= 4 is 28.3 Å². The molecule has 1 aliphatic heterocycles. The molecule has 1 aliphatic rings. The van der Waals surface area contributed by atoms with Gasteiger partial charge in [-0.1, -0.05) is 5.16 Å². The van der Waals surface area contributed by atoms with Crippen LogP contribution in [-0.4, -0.2) is 37.5 Å². The van der Waals surface area contributed by atoms with E-state index in [0.29, 0.717) is 22.4 Å². The number of oxime groups is 1. The van der Waals surface area contributed by atoms with E-state index in [0.717, 1.165) is 18.2 Å². The average Bonchev–Trinajstić information content (AvgIpc) is 3.44. The molecule has 4 aromatic rings. The van der Waals surface area contributed by atoms with Crippen LogP contribution in [0.25, 0.3) is 16.7 Å². The van der Waals surface area contributed by atoms with Crippen LogP contribution in [0.1, 0.15) is 12.0 Å². The van der Waals surface area contributed by atoms with Crippen LogP contribution in [0, 0.1) is 11.6 Å². The number of fused-ring (bicyclic) bond motifs is 1. The second-order valence-electron chi connectivity index (χ2n) is 7.02. The Hall–Kier alpha value is -4.41. The van der Waals surface area contributed by atoms with Gasteiger partial charge in [0.1, 0.15) is 17.0 Å². The van der Waals surface area contributed by atoms with E-state index in [1.165, 1.54) is 17.2 Å². The predicted molar refractivity (Wildman–Crippen MR) is 111 cm³/mol. The largest absolute Gasteiger partial charge is 0.382 e. The molecule has 5 rings (SSSR count). The molecule has 2 aromatic heterocycles. The first-order chi connectivity index (χ1) is 15.5. The maximum absolute atomic E-state index is 13.9. The van der Waals surface area contributed by atoms with E-state index in [4.69, 9.17) is 4.84 Å². The number of aromatic nitrogens is 4. The number of amides is 1. The number of H-pyrrole nitrogens is 1. The molecule has 1 atom stereocenters. The highest BCUT2D eigenvalue weighted by Crippen LogP contribution is 2.22. The minimum atomic E-state index is -0.974. The normalized spacial score (nSPS) is 15.4. The highest BCUT2D eigenvalue weighted by Gasteiger charge is 2.30. The van der Waals surface area contributed by atoms with Crippen LogP contribution in [0.15, 0.2) is 64.9 Å². The van der Waals surface area contributed by atoms with Gasteiger partial charge in [-0.05, 0) is 42.5 Å². The van der Waals surface area contributed by atoms with Gasteiger partial charge >= 0.3 is 0 Å². The van der Waals surface area contributed by atoms with Gasteiger partial charge < -0.3 is 15.1 Å². The predicted octanol–water partition coefficient (Wildman–Crippen LogP) is 2.52. The van der Waals surface area contributed by atoms with Crippen molar-refractivity contribution in [1.29, 1.82) is 0 Å². The lowest BCUT2D eigenvalue weighted by molar-refractivity contribution is -0.125. The van der Waals surface area contributed by atoms with Gasteiger partial charge in [-0.15, -0.1) is 0 Å². The standard InChI is InChI=1S/C21H14F2N6O3/c22-11-1-6-16(23)14(7-11)17-8-18(32-28-17)21(31)27-12-2-4-13(5-3-12)29-19-15(9-26-29)20(30)25-10-24-19/h1-7,9-10,18H,8H2,(H,27,31)(H,24,25,30). The number of rotatable bonds is 4. The third kappa shape index (κ3) is 3.49. The van der Waals surface area contributed by atoms with Crippen molar-refractivity contribution in [3.63, 3.8) is 0 Å². The zero-order chi connectivity index (χ0) is 22.2.